The normalized spacial score (nSPS) is 13.8. The summed E-state index contributed by atoms with van der Waals surface area (Å²) in [5, 5.41) is 64.1. The number of ether oxygens (including phenoxy) is 1. The highest BCUT2D eigenvalue weighted by atomic mass is 35.5. The Hall–Kier alpha value is -5.00. The molecule has 4 aromatic rings. The van der Waals surface area contributed by atoms with Crippen molar-refractivity contribution in [2.24, 2.45) is 0 Å². The molecule has 0 unspecified atom stereocenters. The summed E-state index contributed by atoms with van der Waals surface area (Å²) < 4.78 is 6.53. The smallest absolute Gasteiger partial charge is 0.335 e. The molecule has 0 aliphatic heterocycles. The zero-order valence-electron chi connectivity index (χ0n) is 28.5. The van der Waals surface area contributed by atoms with Crippen LogP contribution in [0.15, 0.2) is 83.7 Å². The van der Waals surface area contributed by atoms with Crippen molar-refractivity contribution in [1.82, 2.24) is 15.1 Å². The molecule has 1 heterocycles. The highest BCUT2D eigenvalue weighted by Crippen LogP contribution is 2.32. The van der Waals surface area contributed by atoms with E-state index in [1.807, 2.05) is 30.3 Å². The van der Waals surface area contributed by atoms with Crippen molar-refractivity contribution < 1.29 is 49.8 Å². The topological polar surface area (TPSA) is 241 Å². The van der Waals surface area contributed by atoms with Crippen LogP contribution in [0.3, 0.4) is 0 Å². The van der Waals surface area contributed by atoms with Gasteiger partial charge in [-0.1, -0.05) is 41.9 Å². The van der Waals surface area contributed by atoms with Crippen molar-refractivity contribution >= 4 is 34.9 Å². The molecule has 0 spiro atoms. The number of anilines is 1. The predicted octanol–water partition coefficient (Wildman–Crippen LogP) is 1.54. The number of halogens is 1. The third-order valence-electron chi connectivity index (χ3n) is 7.77. The second-order valence-electron chi connectivity index (χ2n) is 11.5. The van der Waals surface area contributed by atoms with Gasteiger partial charge in [-0.3, -0.25) is 14.4 Å². The first-order valence-corrected chi connectivity index (χ1v) is 16.2. The molecule has 16 heteroatoms. The molecule has 5 atom stereocenters. The lowest BCUT2D eigenvalue weighted by molar-refractivity contribution is -0.119. The van der Waals surface area contributed by atoms with Crippen molar-refractivity contribution in [3.63, 3.8) is 0 Å². The number of nitrogens with one attached hydrogen (secondary N) is 2. The van der Waals surface area contributed by atoms with Crippen LogP contribution in [0.2, 0.25) is 5.02 Å². The Bertz CT molecular complexity index is 1870. The number of ketones is 1. The van der Waals surface area contributed by atoms with Crippen LogP contribution in [0.1, 0.15) is 39.2 Å². The van der Waals surface area contributed by atoms with E-state index in [4.69, 9.17) is 41.9 Å². The molecule has 0 fully saturated rings. The van der Waals surface area contributed by atoms with Crippen LogP contribution < -0.4 is 20.9 Å². The predicted molar refractivity (Wildman–Crippen MR) is 192 cm³/mol. The second kappa shape index (κ2) is 19.6. The van der Waals surface area contributed by atoms with Crippen LogP contribution in [0, 0.1) is 0 Å². The van der Waals surface area contributed by atoms with Crippen LogP contribution in [0.4, 0.5) is 5.69 Å². The van der Waals surface area contributed by atoms with E-state index in [9.17, 15) is 24.3 Å². The van der Waals surface area contributed by atoms with Crippen molar-refractivity contribution in [2.45, 2.75) is 43.8 Å². The number of Topliss-reactive ketones (excluding diaryl/α,β-unsaturated/α-hetero) is 1. The van der Waals surface area contributed by atoms with Gasteiger partial charge < -0.3 is 46.0 Å². The number of rotatable bonds is 15. The van der Waals surface area contributed by atoms with Gasteiger partial charge in [0.1, 0.15) is 24.4 Å². The number of likely N-dealkylation sites (N-methyl/N-ethyl adjacent to an activating group) is 1. The molecule has 3 aromatic carbocycles. The number of carboxylic acids is 1. The summed E-state index contributed by atoms with van der Waals surface area (Å²) in [7, 11) is 2.94. The first-order valence-electron chi connectivity index (χ1n) is 15.9. The van der Waals surface area contributed by atoms with Crippen LogP contribution in [0.25, 0.3) is 11.1 Å². The number of carbonyl (C=O) groups is 3. The number of aromatic nitrogens is 2. The van der Waals surface area contributed by atoms with Gasteiger partial charge >= 0.3 is 5.97 Å². The Labute approximate surface area is 303 Å². The summed E-state index contributed by atoms with van der Waals surface area (Å²) in [4.78, 5) is 50.4. The van der Waals surface area contributed by atoms with Gasteiger partial charge in [0.05, 0.1) is 30.9 Å². The minimum Gasteiger partial charge on any atom is -0.480 e. The summed E-state index contributed by atoms with van der Waals surface area (Å²) in [5.74, 6) is -1.84. The fraction of sp³-hybridized carbons (Fsp3) is 0.306. The lowest BCUT2D eigenvalue weighted by Gasteiger charge is -2.25. The van der Waals surface area contributed by atoms with Gasteiger partial charge in [0.25, 0.3) is 5.56 Å². The van der Waals surface area contributed by atoms with Gasteiger partial charge in [-0.2, -0.15) is 0 Å². The Morgan fingerprint density at radius 2 is 1.54 bits per heavy atom. The number of aliphatic hydroxyl groups is 5. The number of carboxylic acid groups (broad SMARTS) is 1. The first-order chi connectivity index (χ1) is 24.7. The maximum atomic E-state index is 13.5. The summed E-state index contributed by atoms with van der Waals surface area (Å²) >= 11 is 6.18. The standard InChI is InChI=1S/C29H24ClN3O6.C7H17NO5/c1-17(34)22-13-10-20(30)15-23(22)24-16-26(35)33(32-28(24)39-2)25(14-18-6-4-3-5-7-18)27(36)31-21-11-8-19(9-12-21)29(37)38;1-8-2-4(10)6(12)7(13)5(11)3-9/h3-13,15-16,25H,14H2,1-2H3,(H,31,36)(H,37,38);4-13H,2-3H2,1H3/t25-;4-,5+,6+,7+/m00/s1. The summed E-state index contributed by atoms with van der Waals surface area (Å²) in [6.45, 7) is 0.831. The largest absolute Gasteiger partial charge is 0.480 e. The summed E-state index contributed by atoms with van der Waals surface area (Å²) in [6.07, 6.45) is -5.52. The number of benzene rings is 3. The lowest BCUT2D eigenvalue weighted by Crippen LogP contribution is -2.48. The van der Waals surface area contributed by atoms with Crippen LogP contribution in [0.5, 0.6) is 5.88 Å². The van der Waals surface area contributed by atoms with E-state index in [2.05, 4.69) is 15.7 Å². The molecule has 15 nitrogen and oxygen atoms in total. The van der Waals surface area contributed by atoms with Crippen molar-refractivity contribution in [3.05, 3.63) is 111 Å². The van der Waals surface area contributed by atoms with Gasteiger partial charge in [-0.05, 0) is 67.6 Å². The summed E-state index contributed by atoms with van der Waals surface area (Å²) in [5.41, 5.74) is 1.57. The van der Waals surface area contributed by atoms with Crippen molar-refractivity contribution in [3.8, 4) is 17.0 Å². The average Bonchev–Trinajstić information content (AvgIpc) is 3.13. The van der Waals surface area contributed by atoms with Crippen LogP contribution in [-0.2, 0) is 11.2 Å². The van der Waals surface area contributed by atoms with E-state index in [0.29, 0.717) is 21.8 Å². The number of carbonyl (C=O) groups excluding carboxylic acids is 2. The van der Waals surface area contributed by atoms with E-state index < -0.39 is 54.5 Å². The molecule has 0 aliphatic rings. The maximum absolute atomic E-state index is 13.5. The van der Waals surface area contributed by atoms with Crippen molar-refractivity contribution in [1.29, 1.82) is 0 Å². The molecular formula is C36H41ClN4O11. The minimum absolute atomic E-state index is 0.0241. The number of aromatic carboxylic acids is 1. The highest BCUT2D eigenvalue weighted by Gasteiger charge is 2.29. The van der Waals surface area contributed by atoms with E-state index in [1.54, 1.807) is 25.2 Å². The molecule has 4 rings (SSSR count). The van der Waals surface area contributed by atoms with E-state index in [0.717, 1.165) is 10.2 Å². The van der Waals surface area contributed by atoms with E-state index in [-0.39, 0.29) is 35.8 Å². The Kier molecular flexibility index (Phi) is 15.6. The van der Waals surface area contributed by atoms with Crippen molar-refractivity contribution in [2.75, 3.05) is 32.6 Å². The molecule has 1 amide bonds. The molecule has 0 bridgehead atoms. The fourth-order valence-electron chi connectivity index (χ4n) is 5.01. The Balaban J connectivity index is 0.000000478. The molecule has 0 saturated heterocycles. The third-order valence-corrected chi connectivity index (χ3v) is 8.01. The molecule has 0 radical (unpaired) electrons. The molecule has 1 aromatic heterocycles. The molecule has 52 heavy (non-hydrogen) atoms. The fourth-order valence-corrected chi connectivity index (χ4v) is 5.18. The molecular weight excluding hydrogens is 700 g/mol. The molecule has 0 aliphatic carbocycles. The Morgan fingerprint density at radius 3 is 2.10 bits per heavy atom. The highest BCUT2D eigenvalue weighted by molar-refractivity contribution is 6.31. The zero-order chi connectivity index (χ0) is 38.5. The lowest BCUT2D eigenvalue weighted by atomic mass is 9.98. The number of methoxy groups -OCH3 is 1. The van der Waals surface area contributed by atoms with Crippen LogP contribution >= 0.6 is 11.6 Å². The number of nitrogens with zero attached hydrogens (tertiary/aromatic N) is 2. The van der Waals surface area contributed by atoms with Gasteiger partial charge in [0.2, 0.25) is 11.8 Å². The van der Waals surface area contributed by atoms with Gasteiger partial charge in [-0.25, -0.2) is 9.48 Å². The number of hydrogen-bond acceptors (Lipinski definition) is 12. The van der Waals surface area contributed by atoms with Gasteiger partial charge in [-0.15, -0.1) is 5.10 Å². The maximum Gasteiger partial charge on any atom is 0.335 e. The molecule has 8 N–H and O–H groups in total. The second-order valence-corrected chi connectivity index (χ2v) is 12.0. The number of aliphatic hydroxyl groups excluding tert-OH is 5. The monoisotopic (exact) mass is 740 g/mol. The quantitative estimate of drug-likeness (QED) is 0.0808. The minimum atomic E-state index is -1.55. The average molecular weight is 741 g/mol. The number of amides is 1. The Morgan fingerprint density at radius 1 is 0.904 bits per heavy atom. The van der Waals surface area contributed by atoms with Gasteiger partial charge in [0.15, 0.2) is 5.78 Å². The zero-order valence-corrected chi connectivity index (χ0v) is 29.3. The first kappa shape index (κ1) is 41.4. The SMILES string of the molecule is CNC[C@H](O)[C@@H](O)[C@H](O)[C@H](O)CO.COc1nn([C@@H](Cc2ccccc2)C(=O)Nc2ccc(C(=O)O)cc2)c(=O)cc1-c1cc(Cl)ccc1C(C)=O. The summed E-state index contributed by atoms with van der Waals surface area (Å²) in [6, 6.07) is 19.6. The molecule has 278 valence electrons. The molecule has 0 saturated carbocycles. The van der Waals surface area contributed by atoms with Gasteiger partial charge in [0, 0.05) is 35.3 Å². The van der Waals surface area contributed by atoms with Crippen LogP contribution in [-0.4, -0.2) is 110 Å². The van der Waals surface area contributed by atoms with E-state index >= 15 is 0 Å². The number of hydrogen-bond donors (Lipinski definition) is 8. The third kappa shape index (κ3) is 11.0. The van der Waals surface area contributed by atoms with E-state index in [1.165, 1.54) is 44.4 Å².